The number of unbranched alkanes of at least 4 members (excludes halogenated alkanes) is 18. The first-order valence-corrected chi connectivity index (χ1v) is 19.3. The molecule has 0 amide bonds. The average Bonchev–Trinajstić information content (AvgIpc) is 3.00. The summed E-state index contributed by atoms with van der Waals surface area (Å²) in [6.07, 6.45) is 30.1. The van der Waals surface area contributed by atoms with E-state index in [0.29, 0.717) is 0 Å². The Kier molecular flexibility index (Phi) is 21.3. The van der Waals surface area contributed by atoms with Gasteiger partial charge in [-0.2, -0.15) is 0 Å². The Balaban J connectivity index is 2.33. The van der Waals surface area contributed by atoms with Gasteiger partial charge in [0.2, 0.25) is 0 Å². The highest BCUT2D eigenvalue weighted by Gasteiger charge is 2.22. The van der Waals surface area contributed by atoms with Gasteiger partial charge in [0.25, 0.3) is 0 Å². The Bertz CT molecular complexity index is 924. The van der Waals surface area contributed by atoms with Gasteiger partial charge in [0.15, 0.2) is 8.38 Å². The van der Waals surface area contributed by atoms with Crippen LogP contribution in [0.4, 0.5) is 0 Å². The third kappa shape index (κ3) is 14.5. The van der Waals surface area contributed by atoms with Crippen LogP contribution < -0.4 is 5.30 Å². The quantitative estimate of drug-likeness (QED) is 0.0837. The Hall–Kier alpha value is -1.21. The van der Waals surface area contributed by atoms with Gasteiger partial charge in [-0.3, -0.25) is 0 Å². The van der Waals surface area contributed by atoms with Crippen molar-refractivity contribution < 1.29 is 9.79 Å². The van der Waals surface area contributed by atoms with E-state index in [9.17, 15) is 9.79 Å². The fourth-order valence-corrected chi connectivity index (χ4v) is 7.27. The minimum Gasteiger partial charge on any atom is -0.347 e. The van der Waals surface area contributed by atoms with Crippen LogP contribution in [-0.2, 0) is 19.3 Å². The van der Waals surface area contributed by atoms with E-state index in [-0.39, 0.29) is 0 Å². The summed E-state index contributed by atoms with van der Waals surface area (Å²) in [7, 11) is -2.12. The van der Waals surface area contributed by atoms with E-state index in [1.54, 1.807) is 0 Å². The number of hydrogen-bond acceptors (Lipinski definition) is 2. The Morgan fingerprint density at radius 2 is 0.881 bits per heavy atom. The van der Waals surface area contributed by atoms with E-state index in [4.69, 9.17) is 0 Å². The molecule has 0 aromatic heterocycles. The summed E-state index contributed by atoms with van der Waals surface area (Å²) in [5, 5.41) is 0.839. The first kappa shape index (κ1) is 37.0. The predicted octanol–water partition coefficient (Wildman–Crippen LogP) is 12.2. The zero-order chi connectivity index (χ0) is 30.3. The summed E-state index contributed by atoms with van der Waals surface area (Å²) in [5.74, 6) is 0. The molecule has 0 fully saturated rings. The molecule has 2 aromatic rings. The van der Waals surface area contributed by atoms with E-state index >= 15 is 0 Å². The van der Waals surface area contributed by atoms with Crippen LogP contribution in [0.3, 0.4) is 0 Å². The molecule has 0 spiro atoms. The van der Waals surface area contributed by atoms with Gasteiger partial charge >= 0.3 is 0 Å². The molecule has 2 rings (SSSR count). The van der Waals surface area contributed by atoms with Crippen molar-refractivity contribution in [3.63, 3.8) is 0 Å². The summed E-state index contributed by atoms with van der Waals surface area (Å²) in [6, 6.07) is 13.2. The molecular formula is C39H65O2P. The fraction of sp³-hybridized carbons (Fsp3) is 0.692. The minimum atomic E-state index is -2.12. The van der Waals surface area contributed by atoms with Crippen molar-refractivity contribution in [1.82, 2.24) is 0 Å². The lowest BCUT2D eigenvalue weighted by Crippen LogP contribution is -2.16. The van der Waals surface area contributed by atoms with Gasteiger partial charge in [-0.1, -0.05) is 167 Å². The first-order chi connectivity index (χ1) is 20.6. The van der Waals surface area contributed by atoms with Gasteiger partial charge in [0, 0.05) is 5.30 Å². The highest BCUT2D eigenvalue weighted by Crippen LogP contribution is 2.37. The standard InChI is InChI=1S/C39H65O2P/c1-4-7-10-13-16-19-23-30-35-33-38(42(40)41)36(31-26-20-17-14-11-8-5-2)37(32-27-21-18-15-12-9-6-3)39(35)34-28-24-22-25-29-34/h22,24-25,28-29,33,40-41H,4-21,23,26-27,30-32H2,1-3H3. The molecule has 3 heteroatoms. The molecule has 0 aliphatic rings. The average molecular weight is 597 g/mol. The second kappa shape index (κ2) is 24.2. The van der Waals surface area contributed by atoms with Crippen LogP contribution in [0, 0.1) is 0 Å². The van der Waals surface area contributed by atoms with Crippen LogP contribution in [0.25, 0.3) is 11.1 Å². The van der Waals surface area contributed by atoms with Crippen LogP contribution in [0.15, 0.2) is 36.4 Å². The molecule has 0 aliphatic carbocycles. The second-order valence-electron chi connectivity index (χ2n) is 12.7. The van der Waals surface area contributed by atoms with Gasteiger partial charge in [-0.15, -0.1) is 0 Å². The smallest absolute Gasteiger partial charge is 0.199 e. The second-order valence-corrected chi connectivity index (χ2v) is 13.7. The van der Waals surface area contributed by atoms with Gasteiger partial charge < -0.3 is 9.79 Å². The van der Waals surface area contributed by atoms with Crippen molar-refractivity contribution in [3.05, 3.63) is 53.1 Å². The number of aryl methyl sites for hydroxylation is 1. The van der Waals surface area contributed by atoms with E-state index in [0.717, 1.165) is 31.0 Å². The SMILES string of the molecule is CCCCCCCCCc1cc(P(O)O)c(CCCCCCCCC)c(CCCCCCCCC)c1-c1ccccc1. The topological polar surface area (TPSA) is 40.5 Å². The summed E-state index contributed by atoms with van der Waals surface area (Å²) >= 11 is 0. The van der Waals surface area contributed by atoms with Crippen LogP contribution in [0.2, 0.25) is 0 Å². The monoisotopic (exact) mass is 596 g/mol. The van der Waals surface area contributed by atoms with Crippen molar-refractivity contribution in [2.45, 2.75) is 175 Å². The highest BCUT2D eigenvalue weighted by molar-refractivity contribution is 7.54. The number of rotatable bonds is 26. The lowest BCUT2D eigenvalue weighted by molar-refractivity contribution is 0.496. The molecule has 0 bridgehead atoms. The highest BCUT2D eigenvalue weighted by atomic mass is 31.2. The van der Waals surface area contributed by atoms with Gasteiger partial charge in [0.05, 0.1) is 0 Å². The van der Waals surface area contributed by atoms with Crippen LogP contribution in [-0.4, -0.2) is 9.79 Å². The maximum absolute atomic E-state index is 10.7. The lowest BCUT2D eigenvalue weighted by Gasteiger charge is -2.24. The van der Waals surface area contributed by atoms with Gasteiger partial charge in [-0.25, -0.2) is 0 Å². The predicted molar refractivity (Wildman–Crippen MR) is 188 cm³/mol. The van der Waals surface area contributed by atoms with Crippen LogP contribution in [0.5, 0.6) is 0 Å². The lowest BCUT2D eigenvalue weighted by atomic mass is 9.84. The zero-order valence-electron chi connectivity index (χ0n) is 27.8. The van der Waals surface area contributed by atoms with Crippen molar-refractivity contribution in [1.29, 1.82) is 0 Å². The van der Waals surface area contributed by atoms with Crippen molar-refractivity contribution in [2.24, 2.45) is 0 Å². The molecule has 0 saturated carbocycles. The third-order valence-electron chi connectivity index (χ3n) is 9.00. The summed E-state index contributed by atoms with van der Waals surface area (Å²) in [6.45, 7) is 6.84. The molecule has 42 heavy (non-hydrogen) atoms. The molecule has 0 unspecified atom stereocenters. The summed E-state index contributed by atoms with van der Waals surface area (Å²) in [5.41, 5.74) is 6.73. The first-order valence-electron chi connectivity index (χ1n) is 18.0. The van der Waals surface area contributed by atoms with Gasteiger partial charge in [0.1, 0.15) is 0 Å². The molecule has 238 valence electrons. The van der Waals surface area contributed by atoms with Crippen LogP contribution >= 0.6 is 8.38 Å². The normalized spacial score (nSPS) is 11.6. The zero-order valence-corrected chi connectivity index (χ0v) is 28.7. The minimum absolute atomic E-state index is 0.839. The molecule has 2 N–H and O–H groups in total. The van der Waals surface area contributed by atoms with Crippen molar-refractivity contribution >= 4 is 13.7 Å². The number of hydrogen-bond donors (Lipinski definition) is 2. The molecule has 2 aromatic carbocycles. The molecule has 2 nitrogen and oxygen atoms in total. The molecule has 0 radical (unpaired) electrons. The summed E-state index contributed by atoms with van der Waals surface area (Å²) in [4.78, 5) is 21.4. The van der Waals surface area contributed by atoms with E-state index in [1.807, 2.05) is 0 Å². The third-order valence-corrected chi connectivity index (χ3v) is 9.83. The van der Waals surface area contributed by atoms with E-state index in [1.165, 1.54) is 156 Å². The Morgan fingerprint density at radius 3 is 1.33 bits per heavy atom. The largest absolute Gasteiger partial charge is 0.347 e. The van der Waals surface area contributed by atoms with E-state index in [2.05, 4.69) is 57.2 Å². The Morgan fingerprint density at radius 1 is 0.476 bits per heavy atom. The fourth-order valence-electron chi connectivity index (χ4n) is 6.51. The van der Waals surface area contributed by atoms with Crippen molar-refractivity contribution in [3.8, 4) is 11.1 Å². The van der Waals surface area contributed by atoms with E-state index < -0.39 is 8.38 Å². The molecule has 0 saturated heterocycles. The molecule has 0 heterocycles. The number of benzene rings is 2. The van der Waals surface area contributed by atoms with Crippen LogP contribution in [0.1, 0.15) is 172 Å². The summed E-state index contributed by atoms with van der Waals surface area (Å²) < 4.78 is 0. The maximum Gasteiger partial charge on any atom is 0.199 e. The maximum atomic E-state index is 10.7. The Labute approximate surface area is 262 Å². The molecular weight excluding hydrogens is 531 g/mol. The molecule has 0 atom stereocenters. The van der Waals surface area contributed by atoms with Gasteiger partial charge in [-0.05, 0) is 72.4 Å². The van der Waals surface area contributed by atoms with Crippen molar-refractivity contribution in [2.75, 3.05) is 0 Å². The molecule has 0 aliphatic heterocycles.